The maximum atomic E-state index is 13.1. The second-order valence-corrected chi connectivity index (χ2v) is 9.09. The molecule has 8 heteroatoms. The summed E-state index contributed by atoms with van der Waals surface area (Å²) in [4.78, 5) is 28.2. The summed E-state index contributed by atoms with van der Waals surface area (Å²) in [6.45, 7) is 2.07. The van der Waals surface area contributed by atoms with Gasteiger partial charge in [0.15, 0.2) is 0 Å². The van der Waals surface area contributed by atoms with E-state index in [9.17, 15) is 9.59 Å². The van der Waals surface area contributed by atoms with Crippen LogP contribution in [0.3, 0.4) is 0 Å². The molecule has 0 saturated heterocycles. The molecule has 1 N–H and O–H groups in total. The van der Waals surface area contributed by atoms with Crippen LogP contribution in [0.25, 0.3) is 0 Å². The van der Waals surface area contributed by atoms with Gasteiger partial charge in [-0.05, 0) is 55.0 Å². The highest BCUT2D eigenvalue weighted by atomic mass is 35.5. The molecule has 2 aromatic rings. The lowest BCUT2D eigenvalue weighted by molar-refractivity contribution is -0.141. The second kappa shape index (κ2) is 12.5. The summed E-state index contributed by atoms with van der Waals surface area (Å²) < 4.78 is 0. The van der Waals surface area contributed by atoms with E-state index in [4.69, 9.17) is 34.8 Å². The van der Waals surface area contributed by atoms with E-state index < -0.39 is 6.04 Å². The van der Waals surface area contributed by atoms with Gasteiger partial charge in [-0.2, -0.15) is 0 Å². The van der Waals surface area contributed by atoms with Gasteiger partial charge >= 0.3 is 0 Å². The van der Waals surface area contributed by atoms with Gasteiger partial charge in [-0.1, -0.05) is 47.8 Å². The number of benzene rings is 2. The van der Waals surface area contributed by atoms with Crippen LogP contribution < -0.4 is 5.32 Å². The molecule has 2 amide bonds. The molecular weight excluding hydrogens is 463 g/mol. The minimum atomic E-state index is -0.584. The predicted octanol–water partition coefficient (Wildman–Crippen LogP) is 6.07. The van der Waals surface area contributed by atoms with Crippen LogP contribution in [-0.2, 0) is 16.1 Å². The van der Waals surface area contributed by atoms with E-state index in [1.54, 1.807) is 41.9 Å². The molecule has 0 fully saturated rings. The van der Waals surface area contributed by atoms with Crippen molar-refractivity contribution in [1.82, 2.24) is 10.2 Å². The Labute approximate surface area is 197 Å². The Bertz CT molecular complexity index is 842. The largest absolute Gasteiger partial charge is 0.357 e. The van der Waals surface area contributed by atoms with Crippen LogP contribution >= 0.6 is 46.6 Å². The highest BCUT2D eigenvalue weighted by Crippen LogP contribution is 2.28. The lowest BCUT2D eigenvalue weighted by Gasteiger charge is -2.31. The number of hydrogen-bond donors (Lipinski definition) is 1. The Balaban J connectivity index is 2.07. The molecule has 0 aliphatic rings. The molecule has 1 atom stereocenters. The SMILES string of the molecule is CCC(C(=O)NC)N(Cc1c(Cl)cccc1Cl)C(=O)CCCSc1ccc(Cl)cc1. The van der Waals surface area contributed by atoms with Crippen LogP contribution in [0.1, 0.15) is 31.7 Å². The molecule has 30 heavy (non-hydrogen) atoms. The number of likely N-dealkylation sites (N-methyl/N-ethyl adjacent to an activating group) is 1. The number of hydrogen-bond acceptors (Lipinski definition) is 3. The van der Waals surface area contributed by atoms with Gasteiger partial charge in [0.2, 0.25) is 11.8 Å². The molecule has 4 nitrogen and oxygen atoms in total. The number of nitrogens with one attached hydrogen (secondary N) is 1. The van der Waals surface area contributed by atoms with Crippen molar-refractivity contribution in [2.75, 3.05) is 12.8 Å². The third-order valence-corrected chi connectivity index (χ3v) is 6.70. The van der Waals surface area contributed by atoms with Crippen molar-refractivity contribution in [2.24, 2.45) is 0 Å². The number of halogens is 3. The smallest absolute Gasteiger partial charge is 0.242 e. The second-order valence-electron chi connectivity index (χ2n) is 6.67. The van der Waals surface area contributed by atoms with E-state index in [-0.39, 0.29) is 18.4 Å². The fourth-order valence-electron chi connectivity index (χ4n) is 3.03. The first-order valence-corrected chi connectivity index (χ1v) is 11.8. The van der Waals surface area contributed by atoms with Gasteiger partial charge in [-0.15, -0.1) is 11.8 Å². The molecule has 0 heterocycles. The van der Waals surface area contributed by atoms with E-state index in [2.05, 4.69) is 5.32 Å². The van der Waals surface area contributed by atoms with Crippen LogP contribution in [0.5, 0.6) is 0 Å². The summed E-state index contributed by atoms with van der Waals surface area (Å²) in [7, 11) is 1.57. The molecule has 2 rings (SSSR count). The standard InChI is InChI=1S/C22H25Cl3N2O2S/c1-3-20(22(29)26-2)27(14-17-18(24)6-4-7-19(17)25)21(28)8-5-13-30-16-11-9-15(23)10-12-16/h4,6-7,9-12,20H,3,5,8,13-14H2,1-2H3,(H,26,29). The summed E-state index contributed by atoms with van der Waals surface area (Å²) in [5.41, 5.74) is 0.645. The van der Waals surface area contributed by atoms with Crippen LogP contribution in [0.15, 0.2) is 47.4 Å². The molecule has 0 radical (unpaired) electrons. The maximum Gasteiger partial charge on any atom is 0.242 e. The monoisotopic (exact) mass is 486 g/mol. The molecule has 0 aromatic heterocycles. The van der Waals surface area contributed by atoms with E-state index in [0.717, 1.165) is 10.6 Å². The van der Waals surface area contributed by atoms with Crippen molar-refractivity contribution >= 4 is 58.4 Å². The zero-order chi connectivity index (χ0) is 22.1. The van der Waals surface area contributed by atoms with Gasteiger partial charge in [0, 0.05) is 45.5 Å². The summed E-state index contributed by atoms with van der Waals surface area (Å²) >= 11 is 20.2. The van der Waals surface area contributed by atoms with Gasteiger partial charge in [0.1, 0.15) is 6.04 Å². The van der Waals surface area contributed by atoms with Crippen molar-refractivity contribution in [2.45, 2.75) is 43.7 Å². The topological polar surface area (TPSA) is 49.4 Å². The average Bonchev–Trinajstić information content (AvgIpc) is 2.73. The summed E-state index contributed by atoms with van der Waals surface area (Å²) in [6, 6.07) is 12.2. The summed E-state index contributed by atoms with van der Waals surface area (Å²) in [5, 5.41) is 4.30. The maximum absolute atomic E-state index is 13.1. The Morgan fingerprint density at radius 3 is 2.27 bits per heavy atom. The van der Waals surface area contributed by atoms with Crippen LogP contribution in [0.2, 0.25) is 15.1 Å². The van der Waals surface area contributed by atoms with Crippen LogP contribution in [-0.4, -0.2) is 35.6 Å². The quantitative estimate of drug-likeness (QED) is 0.327. The molecule has 2 aromatic carbocycles. The Morgan fingerprint density at radius 2 is 1.70 bits per heavy atom. The zero-order valence-electron chi connectivity index (χ0n) is 17.0. The molecule has 0 spiro atoms. The lowest BCUT2D eigenvalue weighted by atomic mass is 10.1. The highest BCUT2D eigenvalue weighted by Gasteiger charge is 2.28. The van der Waals surface area contributed by atoms with Gasteiger partial charge in [0.25, 0.3) is 0 Å². The van der Waals surface area contributed by atoms with Crippen LogP contribution in [0.4, 0.5) is 0 Å². The molecule has 0 saturated carbocycles. The first-order valence-electron chi connectivity index (χ1n) is 9.69. The number of carbonyl (C=O) groups excluding carboxylic acids is 2. The van der Waals surface area contributed by atoms with Crippen molar-refractivity contribution in [3.8, 4) is 0 Å². The fraction of sp³-hybridized carbons (Fsp3) is 0.364. The summed E-state index contributed by atoms with van der Waals surface area (Å²) in [6.07, 6.45) is 1.51. The van der Waals surface area contributed by atoms with E-state index in [0.29, 0.717) is 39.9 Å². The molecule has 162 valence electrons. The summed E-state index contributed by atoms with van der Waals surface area (Å²) in [5.74, 6) is 0.480. The number of amides is 2. The average molecular weight is 488 g/mol. The number of rotatable bonds is 10. The van der Waals surface area contributed by atoms with E-state index >= 15 is 0 Å². The van der Waals surface area contributed by atoms with E-state index in [1.165, 1.54) is 0 Å². The van der Waals surface area contributed by atoms with Gasteiger partial charge < -0.3 is 10.2 Å². The van der Waals surface area contributed by atoms with Crippen LogP contribution in [0, 0.1) is 0 Å². The number of carbonyl (C=O) groups is 2. The third kappa shape index (κ3) is 7.09. The normalized spacial score (nSPS) is 11.8. The zero-order valence-corrected chi connectivity index (χ0v) is 20.0. The molecule has 0 aliphatic heterocycles. The van der Waals surface area contributed by atoms with Crippen molar-refractivity contribution in [1.29, 1.82) is 0 Å². The first kappa shape index (κ1) is 24.9. The number of nitrogens with zero attached hydrogens (tertiary/aromatic N) is 1. The molecule has 0 aliphatic carbocycles. The number of thioether (sulfide) groups is 1. The Hall–Kier alpha value is -1.40. The Kier molecular flexibility index (Phi) is 10.3. The first-order chi connectivity index (χ1) is 14.4. The lowest BCUT2D eigenvalue weighted by Crippen LogP contribution is -2.48. The predicted molar refractivity (Wildman–Crippen MR) is 127 cm³/mol. The van der Waals surface area contributed by atoms with Gasteiger partial charge in [-0.3, -0.25) is 9.59 Å². The van der Waals surface area contributed by atoms with Gasteiger partial charge in [-0.25, -0.2) is 0 Å². The fourth-order valence-corrected chi connectivity index (χ4v) is 4.52. The molecule has 1 unspecified atom stereocenters. The van der Waals surface area contributed by atoms with Crippen molar-refractivity contribution < 1.29 is 9.59 Å². The van der Waals surface area contributed by atoms with Crippen molar-refractivity contribution in [3.63, 3.8) is 0 Å². The van der Waals surface area contributed by atoms with Gasteiger partial charge in [0.05, 0.1) is 0 Å². The van der Waals surface area contributed by atoms with E-state index in [1.807, 2.05) is 31.2 Å². The molecular formula is C22H25Cl3N2O2S. The minimum Gasteiger partial charge on any atom is -0.357 e. The van der Waals surface area contributed by atoms with Crippen molar-refractivity contribution in [3.05, 3.63) is 63.1 Å². The minimum absolute atomic E-state index is 0.0989. The Morgan fingerprint density at radius 1 is 1.07 bits per heavy atom. The highest BCUT2D eigenvalue weighted by molar-refractivity contribution is 7.99. The third-order valence-electron chi connectivity index (χ3n) is 4.64. The molecule has 0 bridgehead atoms.